The number of hydrogen-bond donors (Lipinski definition) is 1. The number of benzene rings is 1. The Hall–Kier alpha value is 0.314. The second-order valence-electron chi connectivity index (χ2n) is 1.63. The van der Waals surface area contributed by atoms with E-state index in [4.69, 9.17) is 28.3 Å². The molecule has 0 saturated carbocycles. The maximum Gasteiger partial charge on any atom is 0.118 e. The molecule has 0 radical (unpaired) electrons. The van der Waals surface area contributed by atoms with Crippen LogP contribution in [0.2, 0.25) is 10.0 Å². The van der Waals surface area contributed by atoms with Crippen molar-refractivity contribution in [2.24, 2.45) is 0 Å². The number of phenols is 1. The van der Waals surface area contributed by atoms with Gasteiger partial charge in [0.25, 0.3) is 0 Å². The molecular weight excluding hydrogens is 207 g/mol. The Balaban J connectivity index is 0.000000810. The van der Waals surface area contributed by atoms with E-state index in [0.29, 0.717) is 10.0 Å². The molecule has 1 aromatic rings. The monoisotopic (exact) mass is 210 g/mol. The summed E-state index contributed by atoms with van der Waals surface area (Å²) < 4.78 is 0. The molecule has 0 aromatic heterocycles. The van der Waals surface area contributed by atoms with Crippen molar-refractivity contribution in [3.63, 3.8) is 0 Å². The Morgan fingerprint density at radius 3 is 1.70 bits per heavy atom. The smallest absolute Gasteiger partial charge is 0.118 e. The average molecular weight is 211 g/mol. The van der Waals surface area contributed by atoms with Crippen LogP contribution in [0, 0.1) is 0 Å². The first-order valence-corrected chi connectivity index (χ1v) is 3.09. The first kappa shape index (κ1) is 10.3. The van der Waals surface area contributed by atoms with Gasteiger partial charge in [-0.3, -0.25) is 0 Å². The van der Waals surface area contributed by atoms with Crippen molar-refractivity contribution in [2.75, 3.05) is 0 Å². The zero-order valence-corrected chi connectivity index (χ0v) is 8.01. The van der Waals surface area contributed by atoms with Crippen LogP contribution in [-0.4, -0.2) is 5.11 Å². The van der Waals surface area contributed by atoms with E-state index in [-0.39, 0.29) is 27.5 Å². The summed E-state index contributed by atoms with van der Waals surface area (Å²) in [6.07, 6.45) is 0. The molecule has 0 fully saturated rings. The summed E-state index contributed by atoms with van der Waals surface area (Å²) >= 11 is 11.0. The largest absolute Gasteiger partial charge is 0.508 e. The van der Waals surface area contributed by atoms with Gasteiger partial charge in [-0.1, -0.05) is 23.2 Å². The molecule has 0 aliphatic carbocycles. The predicted molar refractivity (Wildman–Crippen MR) is 38.1 cm³/mol. The SMILES string of the molecule is Oc1cc(Cl)cc(Cl)c1.[Ti]. The Kier molecular flexibility index (Phi) is 4.38. The number of rotatable bonds is 0. The van der Waals surface area contributed by atoms with Crippen molar-refractivity contribution >= 4 is 23.2 Å². The molecule has 0 aliphatic rings. The Labute approximate surface area is 83.8 Å². The van der Waals surface area contributed by atoms with Gasteiger partial charge in [0.2, 0.25) is 0 Å². The molecule has 0 atom stereocenters. The van der Waals surface area contributed by atoms with Crippen LogP contribution in [0.15, 0.2) is 18.2 Å². The Morgan fingerprint density at radius 2 is 1.40 bits per heavy atom. The van der Waals surface area contributed by atoms with Gasteiger partial charge in [-0.2, -0.15) is 0 Å². The van der Waals surface area contributed by atoms with Gasteiger partial charge in [0, 0.05) is 31.8 Å². The van der Waals surface area contributed by atoms with Crippen LogP contribution in [0.4, 0.5) is 0 Å². The normalized spacial score (nSPS) is 8.60. The van der Waals surface area contributed by atoms with Gasteiger partial charge in [-0.25, -0.2) is 0 Å². The summed E-state index contributed by atoms with van der Waals surface area (Å²) in [4.78, 5) is 0. The molecule has 0 aliphatic heterocycles. The van der Waals surface area contributed by atoms with Crippen LogP contribution < -0.4 is 0 Å². The molecule has 1 N–H and O–H groups in total. The predicted octanol–water partition coefficient (Wildman–Crippen LogP) is 2.70. The summed E-state index contributed by atoms with van der Waals surface area (Å²) in [7, 11) is 0. The minimum atomic E-state index is 0. The molecule has 0 bridgehead atoms. The quantitative estimate of drug-likeness (QED) is 0.654. The maximum atomic E-state index is 8.82. The minimum absolute atomic E-state index is 0. The van der Waals surface area contributed by atoms with Gasteiger partial charge >= 0.3 is 0 Å². The van der Waals surface area contributed by atoms with E-state index in [9.17, 15) is 0 Å². The third-order valence-electron chi connectivity index (χ3n) is 0.847. The van der Waals surface area contributed by atoms with Crippen LogP contribution >= 0.6 is 23.2 Å². The first-order chi connectivity index (χ1) is 4.18. The van der Waals surface area contributed by atoms with Crippen LogP contribution in [0.5, 0.6) is 5.75 Å². The Morgan fingerprint density at radius 1 is 1.00 bits per heavy atom. The van der Waals surface area contributed by atoms with E-state index in [1.807, 2.05) is 0 Å². The summed E-state index contributed by atoms with van der Waals surface area (Å²) in [5, 5.41) is 9.71. The van der Waals surface area contributed by atoms with E-state index in [1.54, 1.807) is 6.07 Å². The summed E-state index contributed by atoms with van der Waals surface area (Å²) in [6, 6.07) is 4.41. The van der Waals surface area contributed by atoms with Crippen molar-refractivity contribution in [3.05, 3.63) is 28.2 Å². The fourth-order valence-electron chi connectivity index (χ4n) is 0.539. The van der Waals surface area contributed by atoms with Gasteiger partial charge in [0.05, 0.1) is 0 Å². The van der Waals surface area contributed by atoms with Gasteiger partial charge < -0.3 is 5.11 Å². The molecular formula is C6H4Cl2OTi. The number of phenolic OH excluding ortho intramolecular Hbond substituents is 1. The average Bonchev–Trinajstić information content (AvgIpc) is 1.59. The van der Waals surface area contributed by atoms with E-state index >= 15 is 0 Å². The topological polar surface area (TPSA) is 20.2 Å². The second kappa shape index (κ2) is 4.25. The van der Waals surface area contributed by atoms with Crippen molar-refractivity contribution in [1.82, 2.24) is 0 Å². The molecule has 0 unspecified atom stereocenters. The number of hydrogen-bond acceptors (Lipinski definition) is 1. The standard InChI is InChI=1S/C6H4Cl2O.Ti/c7-4-1-5(8)3-6(9)2-4;/h1-3,9H;. The zero-order valence-electron chi connectivity index (χ0n) is 4.94. The summed E-state index contributed by atoms with van der Waals surface area (Å²) in [6.45, 7) is 0. The fourth-order valence-corrected chi connectivity index (χ4v) is 1.05. The number of aromatic hydroxyl groups is 1. The maximum absolute atomic E-state index is 8.82. The van der Waals surface area contributed by atoms with Gasteiger partial charge in [0.15, 0.2) is 0 Å². The van der Waals surface area contributed by atoms with Gasteiger partial charge in [0.1, 0.15) is 5.75 Å². The van der Waals surface area contributed by atoms with Crippen molar-refractivity contribution in [3.8, 4) is 5.75 Å². The summed E-state index contributed by atoms with van der Waals surface area (Å²) in [5.74, 6) is 0.0903. The molecule has 52 valence electrons. The molecule has 0 spiro atoms. The fraction of sp³-hybridized carbons (Fsp3) is 0. The van der Waals surface area contributed by atoms with E-state index in [1.165, 1.54) is 12.1 Å². The van der Waals surface area contributed by atoms with Crippen LogP contribution in [-0.2, 0) is 21.7 Å². The van der Waals surface area contributed by atoms with Gasteiger partial charge in [-0.05, 0) is 18.2 Å². The molecule has 1 rings (SSSR count). The zero-order chi connectivity index (χ0) is 6.85. The Bertz CT molecular complexity index is 177. The molecule has 1 nitrogen and oxygen atoms in total. The van der Waals surface area contributed by atoms with Crippen molar-refractivity contribution in [1.29, 1.82) is 0 Å². The van der Waals surface area contributed by atoms with Crippen molar-refractivity contribution < 1.29 is 26.8 Å². The molecule has 0 heterocycles. The third-order valence-corrected chi connectivity index (χ3v) is 1.28. The van der Waals surface area contributed by atoms with Crippen molar-refractivity contribution in [2.45, 2.75) is 0 Å². The molecule has 0 saturated heterocycles. The van der Waals surface area contributed by atoms with Crippen LogP contribution in [0.3, 0.4) is 0 Å². The van der Waals surface area contributed by atoms with Crippen LogP contribution in [0.1, 0.15) is 0 Å². The van der Waals surface area contributed by atoms with E-state index < -0.39 is 0 Å². The summed E-state index contributed by atoms with van der Waals surface area (Å²) in [5.41, 5.74) is 0. The second-order valence-corrected chi connectivity index (χ2v) is 2.50. The third kappa shape index (κ3) is 2.93. The first-order valence-electron chi connectivity index (χ1n) is 2.33. The molecule has 4 heteroatoms. The molecule has 1 aromatic carbocycles. The minimum Gasteiger partial charge on any atom is -0.508 e. The van der Waals surface area contributed by atoms with Gasteiger partial charge in [-0.15, -0.1) is 0 Å². The van der Waals surface area contributed by atoms with Crippen LogP contribution in [0.25, 0.3) is 0 Å². The molecule has 0 amide bonds. The molecule has 10 heavy (non-hydrogen) atoms. The number of halogens is 2. The van der Waals surface area contributed by atoms with E-state index in [2.05, 4.69) is 0 Å². The van der Waals surface area contributed by atoms with E-state index in [0.717, 1.165) is 0 Å².